The third kappa shape index (κ3) is 5.83. The molecule has 0 bridgehead atoms. The second-order valence-electron chi connectivity index (χ2n) is 4.03. The number of rotatable bonds is 9. The summed E-state index contributed by atoms with van der Waals surface area (Å²) in [4.78, 5) is 11.8. The van der Waals surface area contributed by atoms with Crippen LogP contribution in [-0.2, 0) is 14.3 Å². The minimum atomic E-state index is -0.316. The first-order chi connectivity index (χ1) is 9.29. The molecule has 19 heavy (non-hydrogen) atoms. The van der Waals surface area contributed by atoms with Gasteiger partial charge in [0, 0.05) is 13.1 Å². The predicted octanol–water partition coefficient (Wildman–Crippen LogP) is 0.542. The van der Waals surface area contributed by atoms with Crippen LogP contribution >= 0.6 is 0 Å². The van der Waals surface area contributed by atoms with Crippen LogP contribution in [0.25, 0.3) is 0 Å². The fraction of sp³-hybridized carbons (Fsp3) is 0.500. The van der Waals surface area contributed by atoms with Crippen LogP contribution in [0.5, 0.6) is 0 Å². The monoisotopic (exact) mass is 267 g/mol. The topological polar surface area (TPSA) is 67.8 Å². The predicted molar refractivity (Wildman–Crippen MR) is 72.0 cm³/mol. The van der Waals surface area contributed by atoms with Crippen molar-refractivity contribution in [3.63, 3.8) is 0 Å². The van der Waals surface area contributed by atoms with Gasteiger partial charge in [0.05, 0.1) is 32.8 Å². The molecule has 0 heterocycles. The Morgan fingerprint density at radius 1 is 1.32 bits per heavy atom. The van der Waals surface area contributed by atoms with Gasteiger partial charge in [-0.2, -0.15) is 0 Å². The highest BCUT2D eigenvalue weighted by Crippen LogP contribution is 2.15. The van der Waals surface area contributed by atoms with Crippen LogP contribution in [0.3, 0.4) is 0 Å². The summed E-state index contributed by atoms with van der Waals surface area (Å²) in [7, 11) is 1.39. The van der Waals surface area contributed by atoms with Crippen LogP contribution in [0, 0.1) is 0 Å². The summed E-state index contributed by atoms with van der Waals surface area (Å²) in [6.45, 7) is 1.98. The molecule has 1 aromatic rings. The molecule has 0 aliphatic carbocycles. The third-order valence-electron chi connectivity index (χ3n) is 2.69. The highest BCUT2D eigenvalue weighted by Gasteiger charge is 2.20. The maximum atomic E-state index is 11.8. The van der Waals surface area contributed by atoms with E-state index in [1.54, 1.807) is 0 Å². The molecule has 5 heteroatoms. The lowest BCUT2D eigenvalue weighted by Gasteiger charge is -2.15. The standard InChI is InChI=1S/C14H21NO4/c1-18-14(17)13(12-5-3-2-4-6-12)11-15-7-9-19-10-8-16/h2-6,13,15-16H,7-11H2,1H3. The van der Waals surface area contributed by atoms with Gasteiger partial charge in [-0.25, -0.2) is 0 Å². The smallest absolute Gasteiger partial charge is 0.314 e. The number of ether oxygens (including phenoxy) is 2. The molecule has 1 atom stereocenters. The average molecular weight is 267 g/mol. The van der Waals surface area contributed by atoms with E-state index < -0.39 is 0 Å². The zero-order valence-electron chi connectivity index (χ0n) is 11.2. The quantitative estimate of drug-likeness (QED) is 0.505. The Bertz CT molecular complexity index is 356. The van der Waals surface area contributed by atoms with Crippen molar-refractivity contribution in [1.29, 1.82) is 0 Å². The molecule has 5 nitrogen and oxygen atoms in total. The molecular formula is C14H21NO4. The Morgan fingerprint density at radius 3 is 2.68 bits per heavy atom. The minimum Gasteiger partial charge on any atom is -0.469 e. The van der Waals surface area contributed by atoms with Crippen molar-refractivity contribution in [1.82, 2.24) is 5.32 Å². The first kappa shape index (κ1) is 15.6. The SMILES string of the molecule is COC(=O)C(CNCCOCCO)c1ccccc1. The van der Waals surface area contributed by atoms with Gasteiger partial charge < -0.3 is 19.9 Å². The summed E-state index contributed by atoms with van der Waals surface area (Å²) >= 11 is 0. The lowest BCUT2D eigenvalue weighted by atomic mass is 9.99. The summed E-state index contributed by atoms with van der Waals surface area (Å²) in [5.41, 5.74) is 0.929. The van der Waals surface area contributed by atoms with E-state index in [9.17, 15) is 4.79 Å². The van der Waals surface area contributed by atoms with Crippen LogP contribution < -0.4 is 5.32 Å². The van der Waals surface area contributed by atoms with Crippen LogP contribution in [0.2, 0.25) is 0 Å². The van der Waals surface area contributed by atoms with Crippen LogP contribution in [0.15, 0.2) is 30.3 Å². The number of benzene rings is 1. The molecule has 0 fully saturated rings. The van der Waals surface area contributed by atoms with Gasteiger partial charge in [0.25, 0.3) is 0 Å². The summed E-state index contributed by atoms with van der Waals surface area (Å²) in [6, 6.07) is 9.52. The van der Waals surface area contributed by atoms with Crippen molar-refractivity contribution in [2.45, 2.75) is 5.92 Å². The Labute approximate surface area is 113 Å². The van der Waals surface area contributed by atoms with Crippen molar-refractivity contribution in [3.05, 3.63) is 35.9 Å². The summed E-state index contributed by atoms with van der Waals surface area (Å²) in [5, 5.41) is 11.7. The third-order valence-corrected chi connectivity index (χ3v) is 2.69. The number of aliphatic hydroxyl groups is 1. The first-order valence-corrected chi connectivity index (χ1v) is 6.31. The van der Waals surface area contributed by atoms with E-state index in [2.05, 4.69) is 5.32 Å². The van der Waals surface area contributed by atoms with E-state index in [0.29, 0.717) is 26.3 Å². The Kier molecular flexibility index (Phi) is 7.81. The molecule has 0 saturated heterocycles. The van der Waals surface area contributed by atoms with Crippen molar-refractivity contribution in [3.8, 4) is 0 Å². The Hall–Kier alpha value is -1.43. The number of aliphatic hydroxyl groups excluding tert-OH is 1. The molecule has 2 N–H and O–H groups in total. The van der Waals surface area contributed by atoms with Gasteiger partial charge in [0.2, 0.25) is 0 Å². The fourth-order valence-electron chi connectivity index (χ4n) is 1.72. The number of esters is 1. The Morgan fingerprint density at radius 2 is 2.05 bits per heavy atom. The van der Waals surface area contributed by atoms with Gasteiger partial charge in [-0.1, -0.05) is 30.3 Å². The lowest BCUT2D eigenvalue weighted by Crippen LogP contribution is -2.30. The van der Waals surface area contributed by atoms with Gasteiger partial charge in [-0.05, 0) is 5.56 Å². The zero-order valence-corrected chi connectivity index (χ0v) is 11.2. The molecule has 0 amide bonds. The van der Waals surface area contributed by atoms with Crippen molar-refractivity contribution in [2.24, 2.45) is 0 Å². The van der Waals surface area contributed by atoms with Crippen molar-refractivity contribution >= 4 is 5.97 Å². The second kappa shape index (κ2) is 9.49. The van der Waals surface area contributed by atoms with Crippen LogP contribution in [0.1, 0.15) is 11.5 Å². The molecular weight excluding hydrogens is 246 g/mol. The molecule has 1 rings (SSSR count). The molecule has 0 saturated carbocycles. The summed E-state index contributed by atoms with van der Waals surface area (Å²) in [6.07, 6.45) is 0. The van der Waals surface area contributed by atoms with E-state index in [1.165, 1.54) is 7.11 Å². The molecule has 1 unspecified atom stereocenters. The molecule has 0 aromatic heterocycles. The number of carbonyl (C=O) groups excluding carboxylic acids is 1. The van der Waals surface area contributed by atoms with E-state index in [4.69, 9.17) is 14.6 Å². The van der Waals surface area contributed by atoms with Gasteiger partial charge in [-0.3, -0.25) is 4.79 Å². The maximum Gasteiger partial charge on any atom is 0.314 e. The van der Waals surface area contributed by atoms with E-state index in [0.717, 1.165) is 5.56 Å². The van der Waals surface area contributed by atoms with Crippen molar-refractivity contribution in [2.75, 3.05) is 40.0 Å². The number of methoxy groups -OCH3 is 1. The van der Waals surface area contributed by atoms with Crippen LogP contribution in [0.4, 0.5) is 0 Å². The zero-order chi connectivity index (χ0) is 13.9. The van der Waals surface area contributed by atoms with Crippen LogP contribution in [-0.4, -0.2) is 51.1 Å². The molecule has 0 radical (unpaired) electrons. The second-order valence-corrected chi connectivity index (χ2v) is 4.03. The normalized spacial score (nSPS) is 12.1. The maximum absolute atomic E-state index is 11.8. The van der Waals surface area contributed by atoms with Crippen molar-refractivity contribution < 1.29 is 19.4 Å². The lowest BCUT2D eigenvalue weighted by molar-refractivity contribution is -0.142. The largest absolute Gasteiger partial charge is 0.469 e. The highest BCUT2D eigenvalue weighted by atomic mass is 16.5. The first-order valence-electron chi connectivity index (χ1n) is 6.31. The number of hydrogen-bond acceptors (Lipinski definition) is 5. The molecule has 1 aromatic carbocycles. The van der Waals surface area contributed by atoms with Gasteiger partial charge >= 0.3 is 5.97 Å². The van der Waals surface area contributed by atoms with Gasteiger partial charge in [0.1, 0.15) is 0 Å². The number of nitrogens with one attached hydrogen (secondary N) is 1. The molecule has 0 aliphatic rings. The van der Waals surface area contributed by atoms with E-state index in [-0.39, 0.29) is 18.5 Å². The number of carbonyl (C=O) groups is 1. The summed E-state index contributed by atoms with van der Waals surface area (Å²) < 4.78 is 9.95. The van der Waals surface area contributed by atoms with Gasteiger partial charge in [0.15, 0.2) is 0 Å². The Balaban J connectivity index is 2.41. The highest BCUT2D eigenvalue weighted by molar-refractivity contribution is 5.78. The molecule has 106 valence electrons. The van der Waals surface area contributed by atoms with E-state index >= 15 is 0 Å². The molecule has 0 aliphatic heterocycles. The summed E-state index contributed by atoms with van der Waals surface area (Å²) in [5.74, 6) is -0.570. The van der Waals surface area contributed by atoms with Gasteiger partial charge in [-0.15, -0.1) is 0 Å². The molecule has 0 spiro atoms. The number of hydrogen-bond donors (Lipinski definition) is 2. The average Bonchev–Trinajstić information content (AvgIpc) is 2.47. The fourth-order valence-corrected chi connectivity index (χ4v) is 1.72. The van der Waals surface area contributed by atoms with E-state index in [1.807, 2.05) is 30.3 Å². The minimum absolute atomic E-state index is 0.0226.